The fourth-order valence-electron chi connectivity index (χ4n) is 3.75. The summed E-state index contributed by atoms with van der Waals surface area (Å²) in [5.41, 5.74) is 0. The lowest BCUT2D eigenvalue weighted by Crippen LogP contribution is -2.46. The van der Waals surface area contributed by atoms with Gasteiger partial charge in [-0.1, -0.05) is 31.0 Å². The van der Waals surface area contributed by atoms with Crippen LogP contribution in [0.4, 0.5) is 0 Å². The van der Waals surface area contributed by atoms with E-state index in [-0.39, 0.29) is 24.0 Å². The van der Waals surface area contributed by atoms with E-state index in [2.05, 4.69) is 20.5 Å². The molecule has 1 aromatic carbocycles. The molecule has 3 rings (SSSR count). The Bertz CT molecular complexity index is 519. The summed E-state index contributed by atoms with van der Waals surface area (Å²) in [6.07, 6.45) is 6.79. The maximum absolute atomic E-state index is 5.70. The van der Waals surface area contributed by atoms with Crippen molar-refractivity contribution < 1.29 is 4.74 Å². The molecule has 0 radical (unpaired) electrons. The molecule has 0 amide bonds. The van der Waals surface area contributed by atoms with E-state index >= 15 is 0 Å². The molecule has 1 aromatic rings. The van der Waals surface area contributed by atoms with Crippen LogP contribution < -0.4 is 15.4 Å². The van der Waals surface area contributed by atoms with Gasteiger partial charge in [0.25, 0.3) is 0 Å². The van der Waals surface area contributed by atoms with Crippen LogP contribution in [0.2, 0.25) is 0 Å². The zero-order valence-electron chi connectivity index (χ0n) is 15.1. The molecule has 0 spiro atoms. The topological polar surface area (TPSA) is 48.9 Å². The Labute approximate surface area is 168 Å². The quantitative estimate of drug-likeness (QED) is 0.298. The standard InChI is InChI=1S/C19H30N4O.HI/c1-20-19(21-12-14-24-18-9-3-2-4-10-18)22-16-11-13-23(15-16)17-7-5-6-8-17;/h2-4,9-10,16-17H,5-8,11-15H2,1H3,(H2,20,21,22);1H. The molecule has 1 unspecified atom stereocenters. The van der Waals surface area contributed by atoms with Gasteiger partial charge in [0, 0.05) is 32.2 Å². The van der Waals surface area contributed by atoms with Crippen LogP contribution in [0.3, 0.4) is 0 Å². The third kappa shape index (κ3) is 6.33. The van der Waals surface area contributed by atoms with E-state index in [1.807, 2.05) is 37.4 Å². The highest BCUT2D eigenvalue weighted by Gasteiger charge is 2.30. The van der Waals surface area contributed by atoms with Gasteiger partial charge in [0.15, 0.2) is 5.96 Å². The monoisotopic (exact) mass is 458 g/mol. The Morgan fingerprint density at radius 2 is 1.96 bits per heavy atom. The molecule has 1 aliphatic carbocycles. The van der Waals surface area contributed by atoms with Gasteiger partial charge in [0.1, 0.15) is 12.4 Å². The van der Waals surface area contributed by atoms with Gasteiger partial charge in [-0.25, -0.2) is 0 Å². The molecule has 1 saturated carbocycles. The molecule has 25 heavy (non-hydrogen) atoms. The first-order valence-electron chi connectivity index (χ1n) is 9.24. The SMILES string of the molecule is CN=C(NCCOc1ccccc1)NC1CCN(C2CCCC2)C1.I. The zero-order valence-corrected chi connectivity index (χ0v) is 17.4. The Morgan fingerprint density at radius 3 is 2.68 bits per heavy atom. The Hall–Kier alpha value is -1.02. The molecule has 1 atom stereocenters. The predicted molar refractivity (Wildman–Crippen MR) is 114 cm³/mol. The van der Waals surface area contributed by atoms with Gasteiger partial charge < -0.3 is 15.4 Å². The van der Waals surface area contributed by atoms with E-state index in [4.69, 9.17) is 4.74 Å². The predicted octanol–water partition coefficient (Wildman–Crippen LogP) is 2.87. The van der Waals surface area contributed by atoms with Crippen LogP contribution in [0.15, 0.2) is 35.3 Å². The number of aliphatic imine (C=N–C) groups is 1. The van der Waals surface area contributed by atoms with Crippen LogP contribution in [0, 0.1) is 0 Å². The number of hydrogen-bond acceptors (Lipinski definition) is 3. The third-order valence-corrected chi connectivity index (χ3v) is 5.03. The van der Waals surface area contributed by atoms with Crippen molar-refractivity contribution in [3.05, 3.63) is 30.3 Å². The number of ether oxygens (including phenoxy) is 1. The number of nitrogens with one attached hydrogen (secondary N) is 2. The van der Waals surface area contributed by atoms with Crippen LogP contribution in [0.5, 0.6) is 5.75 Å². The minimum Gasteiger partial charge on any atom is -0.492 e. The fourth-order valence-corrected chi connectivity index (χ4v) is 3.75. The van der Waals surface area contributed by atoms with Crippen molar-refractivity contribution in [2.24, 2.45) is 4.99 Å². The van der Waals surface area contributed by atoms with Gasteiger partial charge in [-0.2, -0.15) is 0 Å². The zero-order chi connectivity index (χ0) is 16.6. The Kier molecular flexibility index (Phi) is 8.81. The van der Waals surface area contributed by atoms with Crippen molar-refractivity contribution in [2.45, 2.75) is 44.2 Å². The molecule has 2 aliphatic rings. The number of rotatable bonds is 6. The summed E-state index contributed by atoms with van der Waals surface area (Å²) >= 11 is 0. The molecule has 2 N–H and O–H groups in total. The molecule has 1 heterocycles. The fraction of sp³-hybridized carbons (Fsp3) is 0.632. The second-order valence-electron chi connectivity index (χ2n) is 6.72. The van der Waals surface area contributed by atoms with E-state index in [0.29, 0.717) is 12.6 Å². The minimum atomic E-state index is 0. The number of likely N-dealkylation sites (tertiary alicyclic amines) is 1. The van der Waals surface area contributed by atoms with Crippen LogP contribution in [0.25, 0.3) is 0 Å². The van der Waals surface area contributed by atoms with Gasteiger partial charge in [-0.15, -0.1) is 24.0 Å². The van der Waals surface area contributed by atoms with Gasteiger partial charge in [-0.3, -0.25) is 9.89 Å². The molecule has 6 heteroatoms. The van der Waals surface area contributed by atoms with Crippen molar-refractivity contribution in [3.63, 3.8) is 0 Å². The maximum atomic E-state index is 5.70. The van der Waals surface area contributed by atoms with Gasteiger partial charge in [0.05, 0.1) is 6.54 Å². The average Bonchev–Trinajstić information content (AvgIpc) is 3.30. The summed E-state index contributed by atoms with van der Waals surface area (Å²) in [6, 6.07) is 11.2. The third-order valence-electron chi connectivity index (χ3n) is 5.03. The van der Waals surface area contributed by atoms with E-state index < -0.39 is 0 Å². The van der Waals surface area contributed by atoms with Crippen molar-refractivity contribution in [1.82, 2.24) is 15.5 Å². The molecule has 2 fully saturated rings. The highest BCUT2D eigenvalue weighted by atomic mass is 127. The lowest BCUT2D eigenvalue weighted by molar-refractivity contribution is 0.242. The van der Waals surface area contributed by atoms with Crippen molar-refractivity contribution in [1.29, 1.82) is 0 Å². The number of nitrogens with zero attached hydrogens (tertiary/aromatic N) is 2. The smallest absolute Gasteiger partial charge is 0.191 e. The molecule has 1 aliphatic heterocycles. The summed E-state index contributed by atoms with van der Waals surface area (Å²) in [6.45, 7) is 3.74. The van der Waals surface area contributed by atoms with E-state index in [9.17, 15) is 0 Å². The van der Waals surface area contributed by atoms with Crippen LogP contribution >= 0.6 is 24.0 Å². The molecule has 0 bridgehead atoms. The molecule has 1 saturated heterocycles. The van der Waals surface area contributed by atoms with Gasteiger partial charge in [-0.05, 0) is 31.4 Å². The van der Waals surface area contributed by atoms with Crippen LogP contribution in [0.1, 0.15) is 32.1 Å². The molecular weight excluding hydrogens is 427 g/mol. The molecular formula is C19H31IN4O. The van der Waals surface area contributed by atoms with Crippen LogP contribution in [-0.2, 0) is 0 Å². The van der Waals surface area contributed by atoms with E-state index in [1.54, 1.807) is 0 Å². The second-order valence-corrected chi connectivity index (χ2v) is 6.72. The second kappa shape index (κ2) is 10.9. The summed E-state index contributed by atoms with van der Waals surface area (Å²) in [5.74, 6) is 1.79. The Balaban J connectivity index is 0.00000225. The minimum absolute atomic E-state index is 0. The summed E-state index contributed by atoms with van der Waals surface area (Å²) in [5, 5.41) is 6.91. The number of hydrogen-bond donors (Lipinski definition) is 2. The first-order chi connectivity index (χ1) is 11.8. The lowest BCUT2D eigenvalue weighted by Gasteiger charge is -2.24. The first kappa shape index (κ1) is 20.3. The normalized spacial score (nSPS) is 21.8. The first-order valence-corrected chi connectivity index (χ1v) is 9.24. The molecule has 5 nitrogen and oxygen atoms in total. The molecule has 140 valence electrons. The molecule has 0 aromatic heterocycles. The average molecular weight is 458 g/mol. The number of guanidine groups is 1. The van der Waals surface area contributed by atoms with E-state index in [0.717, 1.165) is 30.8 Å². The largest absolute Gasteiger partial charge is 0.492 e. The van der Waals surface area contributed by atoms with Crippen LogP contribution in [-0.4, -0.2) is 56.2 Å². The lowest BCUT2D eigenvalue weighted by atomic mass is 10.2. The summed E-state index contributed by atoms with van der Waals surface area (Å²) in [4.78, 5) is 7.00. The van der Waals surface area contributed by atoms with Gasteiger partial charge >= 0.3 is 0 Å². The number of para-hydroxylation sites is 1. The maximum Gasteiger partial charge on any atom is 0.191 e. The highest BCUT2D eigenvalue weighted by Crippen LogP contribution is 2.26. The van der Waals surface area contributed by atoms with Crippen molar-refractivity contribution in [2.75, 3.05) is 33.3 Å². The van der Waals surface area contributed by atoms with Gasteiger partial charge in [0.2, 0.25) is 0 Å². The number of benzene rings is 1. The summed E-state index contributed by atoms with van der Waals surface area (Å²) in [7, 11) is 1.83. The Morgan fingerprint density at radius 1 is 1.20 bits per heavy atom. The van der Waals surface area contributed by atoms with E-state index in [1.165, 1.54) is 38.6 Å². The highest BCUT2D eigenvalue weighted by molar-refractivity contribution is 14.0. The number of halogens is 1. The van der Waals surface area contributed by atoms with Crippen molar-refractivity contribution >= 4 is 29.9 Å². The summed E-state index contributed by atoms with van der Waals surface area (Å²) < 4.78 is 5.70. The van der Waals surface area contributed by atoms with Crippen molar-refractivity contribution in [3.8, 4) is 5.75 Å².